The summed E-state index contributed by atoms with van der Waals surface area (Å²) < 4.78 is 22.2. The molecule has 0 amide bonds. The minimum Gasteiger partial charge on any atom is -0.392 e. The van der Waals surface area contributed by atoms with Crippen molar-refractivity contribution in [1.29, 1.82) is 0 Å². The SMILES string of the molecule is CN(C)CC1CC(O)CN1CCS(C)(=O)=O. The highest BCUT2D eigenvalue weighted by atomic mass is 32.2. The molecule has 6 heteroatoms. The molecule has 0 radical (unpaired) electrons. The molecule has 16 heavy (non-hydrogen) atoms. The van der Waals surface area contributed by atoms with Crippen LogP contribution in [0.3, 0.4) is 0 Å². The summed E-state index contributed by atoms with van der Waals surface area (Å²) in [5, 5.41) is 9.60. The maximum atomic E-state index is 11.1. The van der Waals surface area contributed by atoms with E-state index >= 15 is 0 Å². The molecule has 1 saturated heterocycles. The molecular formula is C10H22N2O3S. The molecule has 2 unspecified atom stereocenters. The zero-order valence-corrected chi connectivity index (χ0v) is 11.1. The van der Waals surface area contributed by atoms with Gasteiger partial charge in [0.2, 0.25) is 0 Å². The van der Waals surface area contributed by atoms with E-state index in [0.29, 0.717) is 13.1 Å². The zero-order valence-electron chi connectivity index (χ0n) is 10.3. The zero-order chi connectivity index (χ0) is 12.3. The molecule has 1 aliphatic heterocycles. The van der Waals surface area contributed by atoms with Crippen molar-refractivity contribution in [1.82, 2.24) is 9.80 Å². The van der Waals surface area contributed by atoms with Crippen LogP contribution in [0.15, 0.2) is 0 Å². The van der Waals surface area contributed by atoms with E-state index in [1.165, 1.54) is 6.26 Å². The third-order valence-electron chi connectivity index (χ3n) is 2.83. The first-order valence-corrected chi connectivity index (χ1v) is 7.58. The summed E-state index contributed by atoms with van der Waals surface area (Å²) in [4.78, 5) is 4.14. The molecule has 0 aliphatic carbocycles. The van der Waals surface area contributed by atoms with Gasteiger partial charge in [-0.1, -0.05) is 0 Å². The minimum absolute atomic E-state index is 0.170. The number of hydrogen-bond donors (Lipinski definition) is 1. The Bertz CT molecular complexity index is 316. The molecule has 5 nitrogen and oxygen atoms in total. The molecule has 1 fully saturated rings. The summed E-state index contributed by atoms with van der Waals surface area (Å²) in [5.74, 6) is 0.170. The Morgan fingerprint density at radius 1 is 1.44 bits per heavy atom. The van der Waals surface area contributed by atoms with Crippen LogP contribution in [0.1, 0.15) is 6.42 Å². The number of β-amino-alcohol motifs (C(OH)–C–C–N with tert-alkyl or cyclic N) is 1. The van der Waals surface area contributed by atoms with Crippen LogP contribution in [0.4, 0.5) is 0 Å². The second kappa shape index (κ2) is 5.44. The Hall–Kier alpha value is -0.170. The van der Waals surface area contributed by atoms with Gasteiger partial charge in [0.15, 0.2) is 0 Å². The Labute approximate surface area is 98.0 Å². The van der Waals surface area contributed by atoms with Crippen molar-refractivity contribution in [2.24, 2.45) is 0 Å². The third kappa shape index (κ3) is 4.78. The first kappa shape index (κ1) is 13.9. The maximum absolute atomic E-state index is 11.1. The molecule has 0 aromatic rings. The predicted octanol–water partition coefficient (Wildman–Crippen LogP) is -0.972. The molecule has 0 bridgehead atoms. The highest BCUT2D eigenvalue weighted by Crippen LogP contribution is 2.18. The van der Waals surface area contributed by atoms with Gasteiger partial charge in [0.25, 0.3) is 0 Å². The van der Waals surface area contributed by atoms with E-state index in [9.17, 15) is 13.5 Å². The van der Waals surface area contributed by atoms with Gasteiger partial charge in [-0.05, 0) is 20.5 Å². The second-order valence-electron chi connectivity index (χ2n) is 4.93. The average Bonchev–Trinajstić information content (AvgIpc) is 2.40. The van der Waals surface area contributed by atoms with Crippen LogP contribution < -0.4 is 0 Å². The van der Waals surface area contributed by atoms with Gasteiger partial charge in [0.1, 0.15) is 9.84 Å². The van der Waals surface area contributed by atoms with Gasteiger partial charge in [-0.15, -0.1) is 0 Å². The fraction of sp³-hybridized carbons (Fsp3) is 1.00. The summed E-state index contributed by atoms with van der Waals surface area (Å²) in [6.45, 7) is 1.98. The molecule has 0 aromatic carbocycles. The van der Waals surface area contributed by atoms with E-state index in [1.807, 2.05) is 14.1 Å². The van der Waals surface area contributed by atoms with E-state index < -0.39 is 9.84 Å². The molecule has 1 N–H and O–H groups in total. The smallest absolute Gasteiger partial charge is 0.148 e. The van der Waals surface area contributed by atoms with Crippen LogP contribution in [0.5, 0.6) is 0 Å². The third-order valence-corrected chi connectivity index (χ3v) is 3.76. The van der Waals surface area contributed by atoms with Crippen molar-refractivity contribution in [3.63, 3.8) is 0 Å². The van der Waals surface area contributed by atoms with Crippen molar-refractivity contribution in [2.45, 2.75) is 18.6 Å². The number of aliphatic hydroxyl groups is 1. The number of likely N-dealkylation sites (tertiary alicyclic amines) is 1. The van der Waals surface area contributed by atoms with Crippen molar-refractivity contribution in [2.75, 3.05) is 45.7 Å². The lowest BCUT2D eigenvalue weighted by Gasteiger charge is -2.26. The van der Waals surface area contributed by atoms with Crippen molar-refractivity contribution >= 4 is 9.84 Å². The van der Waals surface area contributed by atoms with Gasteiger partial charge in [-0.25, -0.2) is 8.42 Å². The second-order valence-corrected chi connectivity index (χ2v) is 7.19. The van der Waals surface area contributed by atoms with Crippen LogP contribution in [0.25, 0.3) is 0 Å². The number of rotatable bonds is 5. The Kier molecular flexibility index (Phi) is 4.73. The largest absolute Gasteiger partial charge is 0.392 e. The van der Waals surface area contributed by atoms with Crippen LogP contribution in [-0.4, -0.2) is 81.2 Å². The molecule has 1 aliphatic rings. The normalized spacial score (nSPS) is 27.8. The van der Waals surface area contributed by atoms with Crippen LogP contribution in [-0.2, 0) is 9.84 Å². The van der Waals surface area contributed by atoms with Gasteiger partial charge in [0.05, 0.1) is 11.9 Å². The summed E-state index contributed by atoms with van der Waals surface area (Å²) >= 11 is 0. The first-order valence-electron chi connectivity index (χ1n) is 5.52. The molecule has 1 rings (SSSR count). The first-order chi connectivity index (χ1) is 7.28. The van der Waals surface area contributed by atoms with Crippen molar-refractivity contribution < 1.29 is 13.5 Å². The van der Waals surface area contributed by atoms with Crippen LogP contribution in [0.2, 0.25) is 0 Å². The Morgan fingerprint density at radius 2 is 2.06 bits per heavy atom. The maximum Gasteiger partial charge on any atom is 0.148 e. The van der Waals surface area contributed by atoms with E-state index in [1.54, 1.807) is 0 Å². The summed E-state index contributed by atoms with van der Waals surface area (Å²) in [6, 6.07) is 0.270. The average molecular weight is 250 g/mol. The molecule has 2 atom stereocenters. The van der Waals surface area contributed by atoms with Crippen LogP contribution in [0, 0.1) is 0 Å². The lowest BCUT2D eigenvalue weighted by atomic mass is 10.2. The predicted molar refractivity (Wildman–Crippen MR) is 64.2 cm³/mol. The molecular weight excluding hydrogens is 228 g/mol. The number of hydrogen-bond acceptors (Lipinski definition) is 5. The van der Waals surface area contributed by atoms with E-state index in [0.717, 1.165) is 13.0 Å². The monoisotopic (exact) mass is 250 g/mol. The summed E-state index contributed by atoms with van der Waals surface area (Å²) in [7, 11) is 1.05. The van der Waals surface area contributed by atoms with Gasteiger partial charge in [-0.2, -0.15) is 0 Å². The van der Waals surface area contributed by atoms with Crippen LogP contribution >= 0.6 is 0 Å². The lowest BCUT2D eigenvalue weighted by Crippen LogP contribution is -2.39. The molecule has 0 spiro atoms. The topological polar surface area (TPSA) is 60.9 Å². The fourth-order valence-electron chi connectivity index (χ4n) is 2.13. The van der Waals surface area contributed by atoms with Gasteiger partial charge in [-0.3, -0.25) is 4.90 Å². The molecule has 0 saturated carbocycles. The highest BCUT2D eigenvalue weighted by molar-refractivity contribution is 7.90. The number of nitrogens with zero attached hydrogens (tertiary/aromatic N) is 2. The Morgan fingerprint density at radius 3 is 2.56 bits per heavy atom. The quantitative estimate of drug-likeness (QED) is 0.680. The summed E-state index contributed by atoms with van der Waals surface area (Å²) in [5.41, 5.74) is 0. The molecule has 0 aromatic heterocycles. The van der Waals surface area contributed by atoms with Gasteiger partial charge < -0.3 is 10.0 Å². The minimum atomic E-state index is -2.92. The van der Waals surface area contributed by atoms with E-state index in [-0.39, 0.29) is 17.9 Å². The number of sulfone groups is 1. The van der Waals surface area contributed by atoms with Crippen molar-refractivity contribution in [3.05, 3.63) is 0 Å². The molecule has 1 heterocycles. The van der Waals surface area contributed by atoms with Gasteiger partial charge >= 0.3 is 0 Å². The standard InChI is InChI=1S/C10H22N2O3S/c1-11(2)7-9-6-10(13)8-12(9)4-5-16(3,14)15/h9-10,13H,4-8H2,1-3H3. The highest BCUT2D eigenvalue weighted by Gasteiger charge is 2.31. The van der Waals surface area contributed by atoms with Crippen molar-refractivity contribution in [3.8, 4) is 0 Å². The lowest BCUT2D eigenvalue weighted by molar-refractivity contribution is 0.176. The fourth-order valence-corrected chi connectivity index (χ4v) is 2.69. The van der Waals surface area contributed by atoms with Gasteiger partial charge in [0, 0.05) is 31.9 Å². The molecule has 96 valence electrons. The number of likely N-dealkylation sites (N-methyl/N-ethyl adjacent to an activating group) is 1. The van der Waals surface area contributed by atoms with E-state index in [2.05, 4.69) is 9.80 Å². The van der Waals surface area contributed by atoms with E-state index in [4.69, 9.17) is 0 Å². The summed E-state index contributed by atoms with van der Waals surface area (Å²) in [6.07, 6.45) is 1.67. The Balaban J connectivity index is 2.49. The number of aliphatic hydroxyl groups excluding tert-OH is 1.